The maximum absolute atomic E-state index is 11.8. The van der Waals surface area contributed by atoms with E-state index >= 15 is 0 Å². The lowest BCUT2D eigenvalue weighted by Gasteiger charge is -2.12. The van der Waals surface area contributed by atoms with Gasteiger partial charge < -0.3 is 10.1 Å². The minimum atomic E-state index is -0.748. The van der Waals surface area contributed by atoms with E-state index < -0.39 is 17.9 Å². The van der Waals surface area contributed by atoms with Crippen LogP contribution < -0.4 is 5.32 Å². The molecule has 1 amide bonds. The second kappa shape index (κ2) is 5.89. The van der Waals surface area contributed by atoms with Gasteiger partial charge in [0.2, 0.25) is 0 Å². The summed E-state index contributed by atoms with van der Waals surface area (Å²) in [4.78, 5) is 22.9. The molecule has 1 rings (SSSR count). The fourth-order valence-corrected chi connectivity index (χ4v) is 1.58. The van der Waals surface area contributed by atoms with Crippen molar-refractivity contribution in [1.29, 1.82) is 0 Å². The van der Waals surface area contributed by atoms with Gasteiger partial charge in [-0.15, -0.1) is 0 Å². The minimum absolute atomic E-state index is 0.156. The summed E-state index contributed by atoms with van der Waals surface area (Å²) in [6.45, 7) is 1.52. The molecule has 0 spiro atoms. The van der Waals surface area contributed by atoms with Crippen LogP contribution in [0.5, 0.6) is 0 Å². The van der Waals surface area contributed by atoms with Crippen molar-refractivity contribution in [2.24, 2.45) is 0 Å². The van der Waals surface area contributed by atoms with E-state index in [1.54, 1.807) is 12.1 Å². The average Bonchev–Trinajstić information content (AvgIpc) is 2.31. The third kappa shape index (κ3) is 3.35. The van der Waals surface area contributed by atoms with Crippen LogP contribution in [0.15, 0.2) is 18.2 Å². The number of ether oxygens (including phenoxy) is 1. The van der Waals surface area contributed by atoms with Gasteiger partial charge in [-0.2, -0.15) is 0 Å². The standard InChI is InChI=1S/C11H11Cl2NO3/c1-6(11(16)17-2)14-10(15)7-4-3-5-8(12)9(7)13/h3-6H,1-2H3,(H,14,15). The predicted octanol–water partition coefficient (Wildman–Crippen LogP) is 2.28. The van der Waals surface area contributed by atoms with Crippen LogP contribution in [0.3, 0.4) is 0 Å². The molecule has 0 aliphatic carbocycles. The Balaban J connectivity index is 2.84. The summed E-state index contributed by atoms with van der Waals surface area (Å²) in [5, 5.41) is 2.90. The van der Waals surface area contributed by atoms with E-state index in [4.69, 9.17) is 23.2 Å². The lowest BCUT2D eigenvalue weighted by molar-refractivity contribution is -0.142. The molecule has 92 valence electrons. The minimum Gasteiger partial charge on any atom is -0.467 e. The fourth-order valence-electron chi connectivity index (χ4n) is 1.19. The topological polar surface area (TPSA) is 55.4 Å². The van der Waals surface area contributed by atoms with Crippen molar-refractivity contribution in [2.75, 3.05) is 7.11 Å². The number of rotatable bonds is 3. The van der Waals surface area contributed by atoms with Crippen LogP contribution in [0.1, 0.15) is 17.3 Å². The van der Waals surface area contributed by atoms with Gasteiger partial charge in [0.15, 0.2) is 0 Å². The van der Waals surface area contributed by atoms with Gasteiger partial charge in [-0.1, -0.05) is 29.3 Å². The summed E-state index contributed by atoms with van der Waals surface area (Å²) in [5.74, 6) is -1.01. The molecule has 1 unspecified atom stereocenters. The van der Waals surface area contributed by atoms with Crippen molar-refractivity contribution < 1.29 is 14.3 Å². The molecule has 0 bridgehead atoms. The second-order valence-corrected chi connectivity index (χ2v) is 4.10. The Labute approximate surface area is 109 Å². The molecule has 4 nitrogen and oxygen atoms in total. The van der Waals surface area contributed by atoms with Crippen molar-refractivity contribution in [3.63, 3.8) is 0 Å². The first-order valence-corrected chi connectivity index (χ1v) is 5.55. The number of carbonyl (C=O) groups excluding carboxylic acids is 2. The molecule has 0 aromatic heterocycles. The van der Waals surface area contributed by atoms with E-state index in [0.717, 1.165) is 0 Å². The van der Waals surface area contributed by atoms with Crippen LogP contribution in [0.25, 0.3) is 0 Å². The lowest BCUT2D eigenvalue weighted by atomic mass is 10.2. The molecule has 0 saturated carbocycles. The molecule has 0 radical (unpaired) electrons. The highest BCUT2D eigenvalue weighted by atomic mass is 35.5. The van der Waals surface area contributed by atoms with Crippen molar-refractivity contribution in [3.8, 4) is 0 Å². The highest BCUT2D eigenvalue weighted by molar-refractivity contribution is 6.43. The number of hydrogen-bond donors (Lipinski definition) is 1. The first-order valence-electron chi connectivity index (χ1n) is 4.80. The zero-order chi connectivity index (χ0) is 13.0. The van der Waals surface area contributed by atoms with E-state index in [1.165, 1.54) is 20.1 Å². The third-order valence-electron chi connectivity index (χ3n) is 2.10. The van der Waals surface area contributed by atoms with Gasteiger partial charge in [-0.25, -0.2) is 4.79 Å². The third-order valence-corrected chi connectivity index (χ3v) is 2.92. The molecule has 1 atom stereocenters. The maximum atomic E-state index is 11.8. The Kier molecular flexibility index (Phi) is 4.78. The van der Waals surface area contributed by atoms with Crippen LogP contribution in [0.2, 0.25) is 10.0 Å². The Morgan fingerprint density at radius 2 is 2.00 bits per heavy atom. The molecule has 0 aliphatic heterocycles. The molecule has 1 N–H and O–H groups in total. The van der Waals surface area contributed by atoms with E-state index in [9.17, 15) is 9.59 Å². The Hall–Kier alpha value is -1.26. The van der Waals surface area contributed by atoms with E-state index in [-0.39, 0.29) is 15.6 Å². The summed E-state index contributed by atoms with van der Waals surface area (Å²) in [7, 11) is 1.25. The monoisotopic (exact) mass is 275 g/mol. The van der Waals surface area contributed by atoms with Crippen molar-refractivity contribution >= 4 is 35.1 Å². The van der Waals surface area contributed by atoms with E-state index in [2.05, 4.69) is 10.1 Å². The number of halogens is 2. The van der Waals surface area contributed by atoms with Gasteiger partial charge in [-0.3, -0.25) is 4.79 Å². The summed E-state index contributed by atoms with van der Waals surface area (Å²) in [5.41, 5.74) is 0.218. The molecule has 0 saturated heterocycles. The second-order valence-electron chi connectivity index (χ2n) is 3.32. The molecule has 0 aliphatic rings. The normalized spacial score (nSPS) is 11.8. The van der Waals surface area contributed by atoms with Gasteiger partial charge in [0.05, 0.1) is 22.7 Å². The maximum Gasteiger partial charge on any atom is 0.328 e. The SMILES string of the molecule is COC(=O)C(C)NC(=O)c1cccc(Cl)c1Cl. The van der Waals surface area contributed by atoms with Crippen molar-refractivity contribution in [3.05, 3.63) is 33.8 Å². The first-order chi connectivity index (χ1) is 7.97. The molecule has 0 heterocycles. The molecule has 0 fully saturated rings. The number of esters is 1. The lowest BCUT2D eigenvalue weighted by Crippen LogP contribution is -2.39. The quantitative estimate of drug-likeness (QED) is 0.862. The summed E-state index contributed by atoms with van der Waals surface area (Å²) in [6, 6.07) is 3.95. The van der Waals surface area contributed by atoms with Gasteiger partial charge in [0.1, 0.15) is 6.04 Å². The highest BCUT2D eigenvalue weighted by Crippen LogP contribution is 2.25. The Morgan fingerprint density at radius 1 is 1.35 bits per heavy atom. The van der Waals surface area contributed by atoms with Gasteiger partial charge in [0.25, 0.3) is 5.91 Å². The molecule has 1 aromatic carbocycles. The van der Waals surface area contributed by atoms with Crippen LogP contribution in [0.4, 0.5) is 0 Å². The Bertz CT molecular complexity index is 448. The largest absolute Gasteiger partial charge is 0.467 e. The average molecular weight is 276 g/mol. The predicted molar refractivity (Wildman–Crippen MR) is 65.4 cm³/mol. The van der Waals surface area contributed by atoms with E-state index in [0.29, 0.717) is 0 Å². The van der Waals surface area contributed by atoms with Crippen molar-refractivity contribution in [1.82, 2.24) is 5.32 Å². The smallest absolute Gasteiger partial charge is 0.328 e. The van der Waals surface area contributed by atoms with Gasteiger partial charge in [0, 0.05) is 0 Å². The van der Waals surface area contributed by atoms with Crippen LogP contribution in [-0.2, 0) is 9.53 Å². The number of carbonyl (C=O) groups is 2. The summed E-state index contributed by atoms with van der Waals surface area (Å²) >= 11 is 11.7. The van der Waals surface area contributed by atoms with Crippen LogP contribution >= 0.6 is 23.2 Å². The van der Waals surface area contributed by atoms with Crippen LogP contribution in [-0.4, -0.2) is 25.0 Å². The van der Waals surface area contributed by atoms with E-state index in [1.807, 2.05) is 0 Å². The zero-order valence-electron chi connectivity index (χ0n) is 9.29. The van der Waals surface area contributed by atoms with Gasteiger partial charge >= 0.3 is 5.97 Å². The Morgan fingerprint density at radius 3 is 2.59 bits per heavy atom. The summed E-state index contributed by atoms with van der Waals surface area (Å²) in [6.07, 6.45) is 0. The molecular weight excluding hydrogens is 265 g/mol. The fraction of sp³-hybridized carbons (Fsp3) is 0.273. The first kappa shape index (κ1) is 13.8. The molecular formula is C11H11Cl2NO3. The zero-order valence-corrected chi connectivity index (χ0v) is 10.8. The number of benzene rings is 1. The molecule has 17 heavy (non-hydrogen) atoms. The van der Waals surface area contributed by atoms with Crippen LogP contribution in [0, 0.1) is 0 Å². The number of hydrogen-bond acceptors (Lipinski definition) is 3. The molecule has 1 aromatic rings. The van der Waals surface area contributed by atoms with Gasteiger partial charge in [-0.05, 0) is 19.1 Å². The number of methoxy groups -OCH3 is 1. The highest BCUT2D eigenvalue weighted by Gasteiger charge is 2.19. The number of nitrogens with one attached hydrogen (secondary N) is 1. The summed E-state index contributed by atoms with van der Waals surface area (Å²) < 4.78 is 4.49. The van der Waals surface area contributed by atoms with Crippen molar-refractivity contribution in [2.45, 2.75) is 13.0 Å². The number of amides is 1. The molecule has 6 heteroatoms.